The van der Waals surface area contributed by atoms with E-state index in [-0.39, 0.29) is 28.0 Å². The van der Waals surface area contributed by atoms with Crippen LogP contribution in [0.2, 0.25) is 10.0 Å². The molecule has 0 heterocycles. The van der Waals surface area contributed by atoms with Crippen LogP contribution in [0, 0.1) is 0 Å². The lowest BCUT2D eigenvalue weighted by Gasteiger charge is -2.12. The maximum Gasteiger partial charge on any atom is 0.417 e. The summed E-state index contributed by atoms with van der Waals surface area (Å²) >= 11 is 11.3. The molecule has 0 aliphatic carbocycles. The Morgan fingerprint density at radius 2 is 1.71 bits per heavy atom. The van der Waals surface area contributed by atoms with Crippen molar-refractivity contribution in [2.24, 2.45) is 0 Å². The Morgan fingerprint density at radius 1 is 1.00 bits per heavy atom. The third-order valence-electron chi connectivity index (χ3n) is 2.78. The van der Waals surface area contributed by atoms with Crippen molar-refractivity contribution in [2.75, 3.05) is 5.32 Å². The standard InChI is InChI=1S/C14H10Cl2F3NO/c15-11-3-2-9(6-10(11)14(17,18)19)20-7-8-1-4-13(21)12(16)5-8/h1-6,20-21H,7H2. The average molecular weight is 336 g/mol. The van der Waals surface area contributed by atoms with Gasteiger partial charge in [-0.2, -0.15) is 13.2 Å². The molecule has 2 N–H and O–H groups in total. The summed E-state index contributed by atoms with van der Waals surface area (Å²) in [5.74, 6) is -0.0498. The number of alkyl halides is 3. The van der Waals surface area contributed by atoms with E-state index in [4.69, 9.17) is 23.2 Å². The fourth-order valence-corrected chi connectivity index (χ4v) is 2.14. The fraction of sp³-hybridized carbons (Fsp3) is 0.143. The highest BCUT2D eigenvalue weighted by atomic mass is 35.5. The number of benzene rings is 2. The quantitative estimate of drug-likeness (QED) is 0.794. The lowest BCUT2D eigenvalue weighted by atomic mass is 10.1. The Balaban J connectivity index is 2.15. The summed E-state index contributed by atoms with van der Waals surface area (Å²) in [5, 5.41) is 12.0. The summed E-state index contributed by atoms with van der Waals surface area (Å²) in [6.45, 7) is 0.263. The predicted octanol–water partition coefficient (Wildman–Crippen LogP) is 5.33. The van der Waals surface area contributed by atoms with Gasteiger partial charge in [-0.05, 0) is 35.9 Å². The van der Waals surface area contributed by atoms with Crippen LogP contribution in [0.15, 0.2) is 36.4 Å². The molecule has 0 unspecified atom stereocenters. The summed E-state index contributed by atoms with van der Waals surface area (Å²) in [4.78, 5) is 0. The maximum absolute atomic E-state index is 12.7. The van der Waals surface area contributed by atoms with Gasteiger partial charge in [-0.1, -0.05) is 29.3 Å². The van der Waals surface area contributed by atoms with Crippen molar-refractivity contribution < 1.29 is 18.3 Å². The Labute approximate surface area is 129 Å². The number of hydrogen-bond donors (Lipinski definition) is 2. The van der Waals surface area contributed by atoms with Crippen molar-refractivity contribution in [2.45, 2.75) is 12.7 Å². The van der Waals surface area contributed by atoms with E-state index in [1.165, 1.54) is 24.3 Å². The number of rotatable bonds is 3. The van der Waals surface area contributed by atoms with Crippen LogP contribution in [0.1, 0.15) is 11.1 Å². The fourth-order valence-electron chi connectivity index (χ4n) is 1.72. The average Bonchev–Trinajstić information content (AvgIpc) is 2.40. The zero-order valence-electron chi connectivity index (χ0n) is 10.5. The second-order valence-corrected chi connectivity index (χ2v) is 5.15. The van der Waals surface area contributed by atoms with Gasteiger partial charge in [0.15, 0.2) is 0 Å². The third kappa shape index (κ3) is 3.95. The van der Waals surface area contributed by atoms with E-state index in [0.29, 0.717) is 0 Å². The van der Waals surface area contributed by atoms with E-state index in [1.807, 2.05) is 0 Å². The van der Waals surface area contributed by atoms with Crippen LogP contribution in [0.5, 0.6) is 5.75 Å². The first-order valence-corrected chi connectivity index (χ1v) is 6.61. The van der Waals surface area contributed by atoms with Gasteiger partial charge in [-0.15, -0.1) is 0 Å². The zero-order valence-corrected chi connectivity index (χ0v) is 12.0. The normalized spacial score (nSPS) is 11.5. The molecule has 0 amide bonds. The van der Waals surface area contributed by atoms with Crippen LogP contribution in [0.25, 0.3) is 0 Å². The second kappa shape index (κ2) is 6.03. The number of phenols is 1. The van der Waals surface area contributed by atoms with E-state index in [9.17, 15) is 18.3 Å². The summed E-state index contributed by atoms with van der Waals surface area (Å²) in [5.41, 5.74) is 0.120. The van der Waals surface area contributed by atoms with Gasteiger partial charge in [-0.25, -0.2) is 0 Å². The largest absolute Gasteiger partial charge is 0.506 e. The molecule has 2 aromatic rings. The molecule has 2 rings (SSSR count). The van der Waals surface area contributed by atoms with E-state index in [1.54, 1.807) is 6.07 Å². The first-order chi connectivity index (χ1) is 9.77. The van der Waals surface area contributed by atoms with Gasteiger partial charge in [0.2, 0.25) is 0 Å². The Hall–Kier alpha value is -1.59. The van der Waals surface area contributed by atoms with E-state index in [0.717, 1.165) is 11.6 Å². The smallest absolute Gasteiger partial charge is 0.417 e. The summed E-state index contributed by atoms with van der Waals surface area (Å²) < 4.78 is 38.2. The molecule has 0 aliphatic heterocycles. The van der Waals surface area contributed by atoms with E-state index in [2.05, 4.69) is 5.32 Å². The summed E-state index contributed by atoms with van der Waals surface area (Å²) in [6.07, 6.45) is -4.50. The topological polar surface area (TPSA) is 32.3 Å². The van der Waals surface area contributed by atoms with Gasteiger partial charge in [-0.3, -0.25) is 0 Å². The minimum atomic E-state index is -4.50. The van der Waals surface area contributed by atoms with Crippen molar-refractivity contribution in [1.29, 1.82) is 0 Å². The molecule has 0 atom stereocenters. The molecule has 21 heavy (non-hydrogen) atoms. The molecule has 7 heteroatoms. The molecule has 0 spiro atoms. The Kier molecular flexibility index (Phi) is 4.54. The van der Waals surface area contributed by atoms with Crippen molar-refractivity contribution in [3.8, 4) is 5.75 Å². The lowest BCUT2D eigenvalue weighted by molar-refractivity contribution is -0.137. The summed E-state index contributed by atoms with van der Waals surface area (Å²) in [7, 11) is 0. The van der Waals surface area contributed by atoms with Gasteiger partial charge >= 0.3 is 6.18 Å². The molecule has 0 aromatic heterocycles. The Morgan fingerprint density at radius 3 is 2.33 bits per heavy atom. The number of hydrogen-bond acceptors (Lipinski definition) is 2. The van der Waals surface area contributed by atoms with Crippen molar-refractivity contribution in [3.05, 3.63) is 57.6 Å². The number of nitrogens with one attached hydrogen (secondary N) is 1. The van der Waals surface area contributed by atoms with Crippen molar-refractivity contribution in [1.82, 2.24) is 0 Å². The van der Waals surface area contributed by atoms with Crippen LogP contribution in [0.3, 0.4) is 0 Å². The van der Waals surface area contributed by atoms with Gasteiger partial charge in [0.1, 0.15) is 5.75 Å². The predicted molar refractivity (Wildman–Crippen MR) is 76.9 cm³/mol. The van der Waals surface area contributed by atoms with Crippen LogP contribution < -0.4 is 5.32 Å². The molecule has 2 aromatic carbocycles. The first kappa shape index (κ1) is 15.8. The minimum absolute atomic E-state index is 0.0498. The molecule has 112 valence electrons. The van der Waals surface area contributed by atoms with Crippen LogP contribution in [-0.4, -0.2) is 5.11 Å². The highest BCUT2D eigenvalue weighted by Gasteiger charge is 2.33. The first-order valence-electron chi connectivity index (χ1n) is 5.85. The summed E-state index contributed by atoms with van der Waals surface area (Å²) in [6, 6.07) is 8.17. The monoisotopic (exact) mass is 335 g/mol. The van der Waals surface area contributed by atoms with E-state index < -0.39 is 11.7 Å². The molecule has 0 aliphatic rings. The maximum atomic E-state index is 12.7. The van der Waals surface area contributed by atoms with Crippen molar-refractivity contribution in [3.63, 3.8) is 0 Å². The lowest BCUT2D eigenvalue weighted by Crippen LogP contribution is -2.07. The highest BCUT2D eigenvalue weighted by molar-refractivity contribution is 6.32. The zero-order chi connectivity index (χ0) is 15.6. The molecule has 2 nitrogen and oxygen atoms in total. The molecule has 0 fully saturated rings. The minimum Gasteiger partial charge on any atom is -0.506 e. The SMILES string of the molecule is Oc1ccc(CNc2ccc(Cl)c(C(F)(F)F)c2)cc1Cl. The van der Waals surface area contributed by atoms with Gasteiger partial charge in [0.25, 0.3) is 0 Å². The third-order valence-corrected chi connectivity index (χ3v) is 3.41. The van der Waals surface area contributed by atoms with Gasteiger partial charge < -0.3 is 10.4 Å². The molecule has 0 saturated carbocycles. The Bertz CT molecular complexity index is 659. The van der Waals surface area contributed by atoms with Gasteiger partial charge in [0.05, 0.1) is 15.6 Å². The molecule has 0 radical (unpaired) electrons. The highest BCUT2D eigenvalue weighted by Crippen LogP contribution is 2.36. The van der Waals surface area contributed by atoms with E-state index >= 15 is 0 Å². The number of anilines is 1. The van der Waals surface area contributed by atoms with Crippen LogP contribution >= 0.6 is 23.2 Å². The van der Waals surface area contributed by atoms with Crippen LogP contribution in [-0.2, 0) is 12.7 Å². The van der Waals surface area contributed by atoms with Crippen molar-refractivity contribution >= 4 is 28.9 Å². The number of phenolic OH excluding ortho intramolecular Hbond substituents is 1. The molecule has 0 saturated heterocycles. The second-order valence-electron chi connectivity index (χ2n) is 4.33. The van der Waals surface area contributed by atoms with Gasteiger partial charge in [0, 0.05) is 12.2 Å². The molecular weight excluding hydrogens is 326 g/mol. The van der Waals surface area contributed by atoms with Crippen LogP contribution in [0.4, 0.5) is 18.9 Å². The molecular formula is C14H10Cl2F3NO. The molecule has 0 bridgehead atoms. The number of aromatic hydroxyl groups is 1. The number of halogens is 5.